The van der Waals surface area contributed by atoms with Gasteiger partial charge in [0.15, 0.2) is 5.78 Å². The highest BCUT2D eigenvalue weighted by Gasteiger charge is 2.22. The van der Waals surface area contributed by atoms with Gasteiger partial charge in [0.25, 0.3) is 20.0 Å². The summed E-state index contributed by atoms with van der Waals surface area (Å²) in [6.45, 7) is 2.64. The minimum atomic E-state index is -3.75. The minimum absolute atomic E-state index is 0.125. The number of hydrogen-bond acceptors (Lipinski definition) is 8. The van der Waals surface area contributed by atoms with E-state index in [1.165, 1.54) is 60.5 Å². The van der Waals surface area contributed by atoms with Crippen LogP contribution in [0.1, 0.15) is 24.2 Å². The number of fused-ring (bicyclic) bond motifs is 2. The lowest BCUT2D eigenvalue weighted by atomic mass is 10.1. The van der Waals surface area contributed by atoms with E-state index in [1.54, 1.807) is 66.7 Å². The van der Waals surface area contributed by atoms with Gasteiger partial charge in [-0.15, -0.1) is 0 Å². The third kappa shape index (κ3) is 6.01. The van der Waals surface area contributed by atoms with Gasteiger partial charge in [0, 0.05) is 30.1 Å². The number of nitrogens with zero attached hydrogens (tertiary/aromatic N) is 2. The largest absolute Gasteiger partial charge is 0.507 e. The van der Waals surface area contributed by atoms with Crippen LogP contribution in [-0.2, 0) is 24.8 Å². The maximum Gasteiger partial charge on any atom is 0.308 e. The molecule has 1 N–H and O–H groups in total. The number of rotatable bonds is 6. The lowest BCUT2D eigenvalue weighted by Crippen LogP contribution is -2.11. The monoisotopic (exact) mass is 708 g/mol. The highest BCUT2D eigenvalue weighted by molar-refractivity contribution is 9.10. The summed E-state index contributed by atoms with van der Waals surface area (Å²) in [6.07, 6.45) is 2.87. The zero-order valence-corrected chi connectivity index (χ0v) is 27.0. The second-order valence-electron chi connectivity index (χ2n) is 9.71. The van der Waals surface area contributed by atoms with Crippen LogP contribution >= 0.6 is 15.9 Å². The van der Waals surface area contributed by atoms with E-state index in [0.717, 1.165) is 3.97 Å². The second kappa shape index (κ2) is 12.3. The molecule has 0 atom stereocenters. The van der Waals surface area contributed by atoms with Crippen molar-refractivity contribution in [1.82, 2.24) is 7.94 Å². The summed E-state index contributed by atoms with van der Waals surface area (Å²) in [7, 11) is -7.44. The third-order valence-corrected chi connectivity index (χ3v) is 11.0. The van der Waals surface area contributed by atoms with Crippen molar-refractivity contribution < 1.29 is 36.3 Å². The van der Waals surface area contributed by atoms with E-state index in [1.807, 2.05) is 0 Å². The Morgan fingerprint density at radius 3 is 1.62 bits per heavy atom. The van der Waals surface area contributed by atoms with E-state index < -0.39 is 26.0 Å². The first-order chi connectivity index (χ1) is 21.3. The van der Waals surface area contributed by atoms with Gasteiger partial charge in [0.1, 0.15) is 11.5 Å². The molecule has 2 aromatic heterocycles. The molecule has 230 valence electrons. The molecule has 0 aliphatic carbocycles. The summed E-state index contributed by atoms with van der Waals surface area (Å²) in [5.74, 6) is -0.575. The molecule has 45 heavy (non-hydrogen) atoms. The Hall–Kier alpha value is -4.72. The van der Waals surface area contributed by atoms with E-state index >= 15 is 0 Å². The van der Waals surface area contributed by atoms with Gasteiger partial charge in [-0.25, -0.2) is 24.8 Å². The molecule has 0 radical (unpaired) electrons. The Kier molecular flexibility index (Phi) is 8.70. The number of aromatic nitrogens is 2. The van der Waals surface area contributed by atoms with Gasteiger partial charge in [-0.05, 0) is 83.5 Å². The zero-order chi connectivity index (χ0) is 32.5. The van der Waals surface area contributed by atoms with Crippen molar-refractivity contribution >= 4 is 69.5 Å². The molecular formula is C32H25BrN2O8S2. The molecule has 0 fully saturated rings. The lowest BCUT2D eigenvalue weighted by Gasteiger charge is -2.09. The number of halogens is 1. The number of ether oxygens (including phenoxy) is 1. The SMILES string of the molecule is CC(=O)Oc1ccc2c(ccn2S(=O)(=O)c2ccccc2)c1Br.CC(=O)c1c(O)ccc2c1ccn2S(=O)(=O)c1ccccc1. The molecule has 13 heteroatoms. The number of carbonyl (C=O) groups is 2. The fraction of sp³-hybridized carbons (Fsp3) is 0.0625. The number of phenolic OH excluding ortho intramolecular Hbond substituents is 1. The minimum Gasteiger partial charge on any atom is -0.507 e. The fourth-order valence-electron chi connectivity index (χ4n) is 4.75. The number of ketones is 1. The zero-order valence-electron chi connectivity index (χ0n) is 23.8. The van der Waals surface area contributed by atoms with Gasteiger partial charge in [-0.3, -0.25) is 9.59 Å². The summed E-state index contributed by atoms with van der Waals surface area (Å²) in [4.78, 5) is 23.2. The average molecular weight is 710 g/mol. The Morgan fingerprint density at radius 1 is 0.667 bits per heavy atom. The van der Waals surface area contributed by atoms with Gasteiger partial charge < -0.3 is 9.84 Å². The van der Waals surface area contributed by atoms with E-state index in [4.69, 9.17) is 4.74 Å². The summed E-state index contributed by atoms with van der Waals surface area (Å²) in [5.41, 5.74) is 0.975. The molecule has 0 bridgehead atoms. The molecule has 10 nitrogen and oxygen atoms in total. The smallest absolute Gasteiger partial charge is 0.308 e. The molecule has 0 saturated heterocycles. The number of esters is 1. The van der Waals surface area contributed by atoms with Crippen LogP contribution in [0.3, 0.4) is 0 Å². The summed E-state index contributed by atoms with van der Waals surface area (Å²) in [6, 6.07) is 25.4. The Labute approximate surface area is 267 Å². The second-order valence-corrected chi connectivity index (χ2v) is 14.1. The first kappa shape index (κ1) is 31.7. The fourth-order valence-corrected chi connectivity index (χ4v) is 8.03. The van der Waals surface area contributed by atoms with E-state index in [-0.39, 0.29) is 26.9 Å². The van der Waals surface area contributed by atoms with Gasteiger partial charge in [-0.2, -0.15) is 0 Å². The number of phenols is 1. The molecule has 6 aromatic rings. The van der Waals surface area contributed by atoms with Crippen molar-refractivity contribution in [3.8, 4) is 11.5 Å². The summed E-state index contributed by atoms with van der Waals surface area (Å²) < 4.78 is 58.8. The number of Topliss-reactive ketones (excluding diaryl/α,β-unsaturated/α-hetero) is 1. The van der Waals surface area contributed by atoms with Crippen LogP contribution in [-0.4, -0.2) is 41.6 Å². The van der Waals surface area contributed by atoms with Crippen molar-refractivity contribution in [2.45, 2.75) is 23.6 Å². The normalized spacial score (nSPS) is 11.6. The van der Waals surface area contributed by atoms with Gasteiger partial charge in [0.2, 0.25) is 0 Å². The Bertz CT molecular complexity index is 2300. The molecule has 0 spiro atoms. The van der Waals surface area contributed by atoms with Gasteiger partial charge in [0.05, 0.1) is 30.9 Å². The molecule has 0 aliphatic heterocycles. The molecule has 6 rings (SSSR count). The number of benzene rings is 4. The Morgan fingerprint density at radius 2 is 1.13 bits per heavy atom. The average Bonchev–Trinajstić information content (AvgIpc) is 3.65. The third-order valence-electron chi connectivity index (χ3n) is 6.76. The maximum atomic E-state index is 12.7. The Balaban J connectivity index is 0.000000178. The van der Waals surface area contributed by atoms with Crippen LogP contribution in [0.2, 0.25) is 0 Å². The van der Waals surface area contributed by atoms with Crippen molar-refractivity contribution in [3.63, 3.8) is 0 Å². The first-order valence-corrected chi connectivity index (χ1v) is 16.9. The van der Waals surface area contributed by atoms with Crippen LogP contribution in [0.4, 0.5) is 0 Å². The van der Waals surface area contributed by atoms with E-state index in [0.29, 0.717) is 32.0 Å². The van der Waals surface area contributed by atoms with Crippen molar-refractivity contribution in [2.24, 2.45) is 0 Å². The number of aromatic hydroxyl groups is 1. The van der Waals surface area contributed by atoms with Crippen LogP contribution in [0.15, 0.2) is 124 Å². The summed E-state index contributed by atoms with van der Waals surface area (Å²) >= 11 is 3.36. The molecular weight excluding hydrogens is 684 g/mol. The van der Waals surface area contributed by atoms with Gasteiger partial charge >= 0.3 is 5.97 Å². The van der Waals surface area contributed by atoms with E-state index in [9.17, 15) is 31.5 Å². The molecule has 0 saturated carbocycles. The summed E-state index contributed by atoms with van der Waals surface area (Å²) in [5, 5.41) is 10.9. The van der Waals surface area contributed by atoms with Gasteiger partial charge in [-0.1, -0.05) is 36.4 Å². The molecule has 4 aromatic carbocycles. The van der Waals surface area contributed by atoms with Crippen LogP contribution in [0.5, 0.6) is 11.5 Å². The topological polar surface area (TPSA) is 142 Å². The maximum absolute atomic E-state index is 12.7. The van der Waals surface area contributed by atoms with Crippen molar-refractivity contribution in [1.29, 1.82) is 0 Å². The molecule has 2 heterocycles. The van der Waals surface area contributed by atoms with Crippen LogP contribution in [0, 0.1) is 0 Å². The predicted molar refractivity (Wildman–Crippen MR) is 173 cm³/mol. The molecule has 0 amide bonds. The highest BCUT2D eigenvalue weighted by atomic mass is 79.9. The lowest BCUT2D eigenvalue weighted by molar-refractivity contribution is -0.131. The van der Waals surface area contributed by atoms with Crippen LogP contribution in [0.25, 0.3) is 21.8 Å². The highest BCUT2D eigenvalue weighted by Crippen LogP contribution is 2.35. The van der Waals surface area contributed by atoms with Crippen LogP contribution < -0.4 is 4.74 Å². The predicted octanol–water partition coefficient (Wildman–Crippen LogP) is 6.35. The quantitative estimate of drug-likeness (QED) is 0.120. The number of carbonyl (C=O) groups excluding carboxylic acids is 2. The standard InChI is InChI=1S/C16H12BrNO4S.C16H13NO4S/c1-11(19)22-15-8-7-14-13(16(15)17)9-10-18(14)23(20,21)12-5-3-2-4-6-12;1-11(18)16-13-9-10-17(14(13)7-8-15(16)19)22(20,21)12-5-3-2-4-6-12/h2-10H,1H3;2-10,19H,1H3. The van der Waals surface area contributed by atoms with E-state index in [2.05, 4.69) is 15.9 Å². The first-order valence-electron chi connectivity index (χ1n) is 13.3. The molecule has 0 unspecified atom stereocenters. The molecule has 0 aliphatic rings. The van der Waals surface area contributed by atoms with Crippen molar-refractivity contribution in [2.75, 3.05) is 0 Å². The van der Waals surface area contributed by atoms with Crippen molar-refractivity contribution in [3.05, 3.63) is 119 Å². The number of hydrogen-bond donors (Lipinski definition) is 1.